The van der Waals surface area contributed by atoms with Crippen LogP contribution in [-0.4, -0.2) is 59.6 Å². The van der Waals surface area contributed by atoms with Gasteiger partial charge in [0.2, 0.25) is 5.91 Å². The van der Waals surface area contributed by atoms with Crippen molar-refractivity contribution >= 4 is 23.5 Å². The largest absolute Gasteiger partial charge is 0.365 e. The third kappa shape index (κ3) is 4.13. The van der Waals surface area contributed by atoms with Gasteiger partial charge in [-0.05, 0) is 19.1 Å². The first-order valence-corrected chi connectivity index (χ1v) is 7.98. The Morgan fingerprint density at radius 2 is 2.08 bits per heavy atom. The van der Waals surface area contributed by atoms with E-state index in [1.165, 1.54) is 0 Å². The van der Waals surface area contributed by atoms with Crippen molar-refractivity contribution in [3.05, 3.63) is 35.7 Å². The van der Waals surface area contributed by atoms with Gasteiger partial charge in [-0.15, -0.1) is 0 Å². The molecule has 2 aromatic rings. The number of aryl methyl sites for hydroxylation is 1. The summed E-state index contributed by atoms with van der Waals surface area (Å²) in [4.78, 5) is 31.9. The molecule has 0 bridgehead atoms. The molecule has 1 fully saturated rings. The Morgan fingerprint density at radius 3 is 2.72 bits per heavy atom. The molecule has 2 aromatic heterocycles. The van der Waals surface area contributed by atoms with E-state index in [0.717, 1.165) is 0 Å². The minimum absolute atomic E-state index is 0.141. The summed E-state index contributed by atoms with van der Waals surface area (Å²) in [6.45, 7) is 4.71. The number of rotatable bonds is 5. The van der Waals surface area contributed by atoms with Crippen LogP contribution in [0.25, 0.3) is 0 Å². The Balaban J connectivity index is 1.54. The van der Waals surface area contributed by atoms with Crippen molar-refractivity contribution in [1.82, 2.24) is 15.0 Å². The monoisotopic (exact) mass is 344 g/mol. The maximum atomic E-state index is 12.1. The molecule has 1 saturated heterocycles. The second-order valence-corrected chi connectivity index (χ2v) is 5.87. The Hall–Kier alpha value is -2.94. The van der Waals surface area contributed by atoms with Gasteiger partial charge in [-0.1, -0.05) is 5.16 Å². The Morgan fingerprint density at radius 1 is 1.32 bits per heavy atom. The number of carbonyl (C=O) groups excluding carboxylic acids is 2. The highest BCUT2D eigenvalue weighted by molar-refractivity contribution is 5.97. The third-order valence-corrected chi connectivity index (χ3v) is 3.99. The molecule has 3 rings (SSSR count). The number of anilines is 2. The van der Waals surface area contributed by atoms with E-state index in [4.69, 9.17) is 10.3 Å². The molecule has 3 N–H and O–H groups in total. The highest BCUT2D eigenvalue weighted by atomic mass is 16.5. The molecule has 1 aliphatic heterocycles. The summed E-state index contributed by atoms with van der Waals surface area (Å²) in [5.41, 5.74) is 5.82. The van der Waals surface area contributed by atoms with Crippen molar-refractivity contribution in [1.29, 1.82) is 0 Å². The summed E-state index contributed by atoms with van der Waals surface area (Å²) in [5, 5.41) is 6.45. The summed E-state index contributed by atoms with van der Waals surface area (Å²) < 4.78 is 4.92. The van der Waals surface area contributed by atoms with E-state index < -0.39 is 5.91 Å². The maximum absolute atomic E-state index is 12.1. The fourth-order valence-corrected chi connectivity index (χ4v) is 2.77. The number of carbonyl (C=O) groups is 2. The van der Waals surface area contributed by atoms with Crippen LogP contribution in [0.5, 0.6) is 0 Å². The van der Waals surface area contributed by atoms with Crippen LogP contribution >= 0.6 is 0 Å². The van der Waals surface area contributed by atoms with Crippen molar-refractivity contribution in [3.63, 3.8) is 0 Å². The van der Waals surface area contributed by atoms with Crippen LogP contribution in [0, 0.1) is 6.92 Å². The average molecular weight is 344 g/mol. The summed E-state index contributed by atoms with van der Waals surface area (Å²) in [6.07, 6.45) is 1.64. The number of pyridine rings is 1. The first kappa shape index (κ1) is 16.9. The topological polar surface area (TPSA) is 118 Å². The number of nitrogens with two attached hydrogens (primary N) is 1. The van der Waals surface area contributed by atoms with E-state index in [1.54, 1.807) is 31.3 Å². The molecule has 0 radical (unpaired) electrons. The molecule has 0 atom stereocenters. The van der Waals surface area contributed by atoms with Gasteiger partial charge in [0.15, 0.2) is 5.82 Å². The lowest BCUT2D eigenvalue weighted by atomic mass is 10.2. The summed E-state index contributed by atoms with van der Waals surface area (Å²) >= 11 is 0. The third-order valence-electron chi connectivity index (χ3n) is 3.99. The first-order chi connectivity index (χ1) is 12.0. The van der Waals surface area contributed by atoms with E-state index in [9.17, 15) is 9.59 Å². The minimum atomic E-state index is -0.493. The summed E-state index contributed by atoms with van der Waals surface area (Å²) in [7, 11) is 0. The van der Waals surface area contributed by atoms with Crippen molar-refractivity contribution in [2.75, 3.05) is 42.9 Å². The number of piperazine rings is 1. The number of amides is 2. The lowest BCUT2D eigenvalue weighted by molar-refractivity contribution is -0.117. The molecule has 0 aromatic carbocycles. The van der Waals surface area contributed by atoms with Gasteiger partial charge in [-0.2, -0.15) is 0 Å². The number of hydrogen-bond acceptors (Lipinski definition) is 7. The molecule has 0 saturated carbocycles. The molecule has 9 nitrogen and oxygen atoms in total. The van der Waals surface area contributed by atoms with Gasteiger partial charge in [0, 0.05) is 38.4 Å². The van der Waals surface area contributed by atoms with E-state index in [1.807, 2.05) is 9.80 Å². The van der Waals surface area contributed by atoms with Crippen molar-refractivity contribution in [2.24, 2.45) is 5.73 Å². The van der Waals surface area contributed by atoms with Crippen molar-refractivity contribution < 1.29 is 14.1 Å². The second kappa shape index (κ2) is 7.31. The molecule has 0 spiro atoms. The van der Waals surface area contributed by atoms with Crippen LogP contribution in [0.3, 0.4) is 0 Å². The molecule has 3 heterocycles. The number of nitrogens with one attached hydrogen (secondary N) is 1. The van der Waals surface area contributed by atoms with Gasteiger partial charge in [0.25, 0.3) is 5.91 Å². The zero-order valence-corrected chi connectivity index (χ0v) is 13.9. The number of aromatic nitrogens is 2. The van der Waals surface area contributed by atoms with Crippen molar-refractivity contribution in [2.45, 2.75) is 6.92 Å². The van der Waals surface area contributed by atoms with E-state index in [2.05, 4.69) is 15.5 Å². The number of hydrogen-bond donors (Lipinski definition) is 2. The Bertz CT molecular complexity index is 767. The van der Waals surface area contributed by atoms with Gasteiger partial charge in [-0.25, -0.2) is 4.98 Å². The van der Waals surface area contributed by atoms with Crippen LogP contribution in [-0.2, 0) is 4.79 Å². The molecule has 0 aliphatic carbocycles. The molecule has 9 heteroatoms. The highest BCUT2D eigenvalue weighted by Gasteiger charge is 2.23. The molecule has 1 aliphatic rings. The quantitative estimate of drug-likeness (QED) is 0.797. The van der Waals surface area contributed by atoms with E-state index in [-0.39, 0.29) is 12.5 Å². The Kier molecular flexibility index (Phi) is 4.94. The molecular formula is C16H20N6O3. The summed E-state index contributed by atoms with van der Waals surface area (Å²) in [5.74, 6) is 1.02. The summed E-state index contributed by atoms with van der Waals surface area (Å²) in [6, 6.07) is 5.03. The molecule has 132 valence electrons. The van der Waals surface area contributed by atoms with Gasteiger partial charge >= 0.3 is 0 Å². The lowest BCUT2D eigenvalue weighted by Crippen LogP contribution is -2.49. The Labute approximate surface area is 144 Å². The lowest BCUT2D eigenvalue weighted by Gasteiger charge is -2.35. The molecule has 25 heavy (non-hydrogen) atoms. The van der Waals surface area contributed by atoms with Crippen LogP contribution in [0.15, 0.2) is 28.9 Å². The SMILES string of the molecule is Cc1cc(NC(=O)CN2CCN(c3ncccc3C(N)=O)CC2)no1. The smallest absolute Gasteiger partial charge is 0.252 e. The standard InChI is InChI=1S/C16H20N6O3/c1-11-9-13(20-25-11)19-14(23)10-21-5-7-22(8-6-21)16-12(15(17)24)3-2-4-18-16/h2-4,9H,5-8,10H2,1H3,(H2,17,24)(H,19,20,23). The zero-order valence-electron chi connectivity index (χ0n) is 13.9. The van der Waals surface area contributed by atoms with Crippen molar-refractivity contribution in [3.8, 4) is 0 Å². The van der Waals surface area contributed by atoms with Crippen LogP contribution in [0.4, 0.5) is 11.6 Å². The van der Waals surface area contributed by atoms with Crippen LogP contribution in [0.1, 0.15) is 16.1 Å². The minimum Gasteiger partial charge on any atom is -0.365 e. The number of primary amides is 1. The van der Waals surface area contributed by atoms with E-state index in [0.29, 0.717) is 49.1 Å². The fourth-order valence-electron chi connectivity index (χ4n) is 2.77. The molecule has 0 unspecified atom stereocenters. The van der Waals surface area contributed by atoms with Gasteiger partial charge in [-0.3, -0.25) is 14.5 Å². The van der Waals surface area contributed by atoms with Crippen LogP contribution < -0.4 is 16.0 Å². The fraction of sp³-hybridized carbons (Fsp3) is 0.375. The molecular weight excluding hydrogens is 324 g/mol. The van der Waals surface area contributed by atoms with E-state index >= 15 is 0 Å². The first-order valence-electron chi connectivity index (χ1n) is 7.98. The van der Waals surface area contributed by atoms with Gasteiger partial charge < -0.3 is 20.5 Å². The van der Waals surface area contributed by atoms with Gasteiger partial charge in [0.1, 0.15) is 11.6 Å². The normalized spacial score (nSPS) is 15.2. The predicted molar refractivity (Wildman–Crippen MR) is 91.3 cm³/mol. The number of nitrogens with zero attached hydrogens (tertiary/aromatic N) is 4. The van der Waals surface area contributed by atoms with Gasteiger partial charge in [0.05, 0.1) is 12.1 Å². The molecule has 2 amide bonds. The second-order valence-electron chi connectivity index (χ2n) is 5.87. The highest BCUT2D eigenvalue weighted by Crippen LogP contribution is 2.18. The average Bonchev–Trinajstić information content (AvgIpc) is 3.00. The maximum Gasteiger partial charge on any atom is 0.252 e. The van der Waals surface area contributed by atoms with Crippen LogP contribution in [0.2, 0.25) is 0 Å². The predicted octanol–water partition coefficient (Wildman–Crippen LogP) is 0.238. The zero-order chi connectivity index (χ0) is 17.8.